The number of nitrogens with zero attached hydrogens (tertiary/aromatic N) is 2. The molecule has 4 saturated carbocycles. The molecule has 4 bridgehead atoms. The fraction of sp³-hybridized carbons (Fsp3) is 0.812. The number of aromatic nitrogens is 2. The Hall–Kier alpha value is -0.910. The van der Waals surface area contributed by atoms with Crippen LogP contribution in [-0.4, -0.2) is 20.4 Å². The van der Waals surface area contributed by atoms with Crippen molar-refractivity contribution in [2.24, 2.45) is 17.3 Å². The molecule has 5 rings (SSSR count). The molecule has 120 valence electrons. The van der Waals surface area contributed by atoms with Gasteiger partial charge in [0, 0.05) is 10.7 Å². The summed E-state index contributed by atoms with van der Waals surface area (Å²) in [4.78, 5) is 17.0. The summed E-state index contributed by atoms with van der Waals surface area (Å²) in [6.45, 7) is 2.06. The zero-order valence-corrected chi connectivity index (χ0v) is 14.4. The van der Waals surface area contributed by atoms with E-state index >= 15 is 0 Å². The third-order valence-electron chi connectivity index (χ3n) is 5.58. The van der Waals surface area contributed by atoms with Crippen LogP contribution in [-0.2, 0) is 22.6 Å². The molecule has 5 nitrogen and oxygen atoms in total. The van der Waals surface area contributed by atoms with E-state index in [9.17, 15) is 4.79 Å². The number of halogens is 1. The third kappa shape index (κ3) is 2.39. The Balaban J connectivity index is 1.46. The van der Waals surface area contributed by atoms with Gasteiger partial charge in [-0.15, -0.1) is 0 Å². The van der Waals surface area contributed by atoms with Gasteiger partial charge in [0.1, 0.15) is 0 Å². The van der Waals surface area contributed by atoms with Gasteiger partial charge in [-0.1, -0.05) is 28.0 Å². The van der Waals surface area contributed by atoms with E-state index in [0.717, 1.165) is 25.7 Å². The molecule has 1 aromatic rings. The Labute approximate surface area is 138 Å². The maximum atomic E-state index is 12.8. The van der Waals surface area contributed by atoms with Crippen LogP contribution >= 0.6 is 15.9 Å². The maximum Gasteiger partial charge on any atom is 0.312 e. The number of esters is 1. The monoisotopic (exact) mass is 368 g/mol. The van der Waals surface area contributed by atoms with E-state index in [4.69, 9.17) is 9.26 Å². The molecule has 2 unspecified atom stereocenters. The Morgan fingerprint density at radius 3 is 2.68 bits per heavy atom. The Kier molecular flexibility index (Phi) is 3.36. The standard InChI is InChI=1S/C16H21BrN2O3/c1-2-12-18-13(22-19-12)8-21-14(20)15-4-10-3-11(5-15)7-16(17,6-10)9-15/h10-11H,2-9H2,1H3. The Morgan fingerprint density at radius 2 is 2.09 bits per heavy atom. The predicted molar refractivity (Wildman–Crippen MR) is 82.2 cm³/mol. The molecule has 0 radical (unpaired) electrons. The van der Waals surface area contributed by atoms with Gasteiger partial charge in [-0.2, -0.15) is 4.98 Å². The summed E-state index contributed by atoms with van der Waals surface area (Å²) in [5.41, 5.74) is -0.290. The van der Waals surface area contributed by atoms with Crippen LogP contribution in [0, 0.1) is 17.3 Å². The van der Waals surface area contributed by atoms with Crippen molar-refractivity contribution in [1.29, 1.82) is 0 Å². The average Bonchev–Trinajstić information content (AvgIpc) is 2.90. The normalized spacial score (nSPS) is 39.2. The van der Waals surface area contributed by atoms with Gasteiger partial charge in [0.15, 0.2) is 12.4 Å². The zero-order chi connectivity index (χ0) is 15.4. The SMILES string of the molecule is CCc1noc(COC(=O)C23CC4CC(CC(Br)(C4)C2)C3)n1. The minimum absolute atomic E-state index is 0.0679. The smallest absolute Gasteiger partial charge is 0.312 e. The van der Waals surface area contributed by atoms with E-state index in [0.29, 0.717) is 23.6 Å². The first-order valence-corrected chi connectivity index (χ1v) is 8.97. The van der Waals surface area contributed by atoms with Gasteiger partial charge in [-0.25, -0.2) is 0 Å². The largest absolute Gasteiger partial charge is 0.455 e. The summed E-state index contributed by atoms with van der Waals surface area (Å²) in [5, 5.41) is 3.83. The lowest BCUT2D eigenvalue weighted by atomic mass is 9.49. The number of alkyl halides is 1. The van der Waals surface area contributed by atoms with Crippen molar-refractivity contribution >= 4 is 21.9 Å². The topological polar surface area (TPSA) is 65.2 Å². The van der Waals surface area contributed by atoms with Gasteiger partial charge >= 0.3 is 5.97 Å². The second-order valence-corrected chi connectivity index (χ2v) is 9.11. The molecular weight excluding hydrogens is 348 g/mol. The van der Waals surface area contributed by atoms with Crippen molar-refractivity contribution < 1.29 is 14.1 Å². The number of hydrogen-bond acceptors (Lipinski definition) is 5. The first-order valence-electron chi connectivity index (χ1n) is 8.18. The molecular formula is C16H21BrN2O3. The first kappa shape index (κ1) is 14.7. The van der Waals surface area contributed by atoms with Gasteiger partial charge < -0.3 is 9.26 Å². The van der Waals surface area contributed by atoms with Crippen LogP contribution in [0.5, 0.6) is 0 Å². The lowest BCUT2D eigenvalue weighted by molar-refractivity contribution is -0.171. The predicted octanol–water partition coefficient (Wildman–Crippen LogP) is 3.41. The van der Waals surface area contributed by atoms with E-state index in [-0.39, 0.29) is 22.3 Å². The van der Waals surface area contributed by atoms with Crippen LogP contribution in [0.15, 0.2) is 4.52 Å². The van der Waals surface area contributed by atoms with Gasteiger partial charge in [0.2, 0.25) is 0 Å². The second-order valence-electron chi connectivity index (χ2n) is 7.43. The molecule has 22 heavy (non-hydrogen) atoms. The summed E-state index contributed by atoms with van der Waals surface area (Å²) in [6, 6.07) is 0. The van der Waals surface area contributed by atoms with Crippen LogP contribution in [0.4, 0.5) is 0 Å². The van der Waals surface area contributed by atoms with Crippen molar-refractivity contribution in [3.8, 4) is 0 Å². The highest BCUT2D eigenvalue weighted by atomic mass is 79.9. The Bertz CT molecular complexity index is 586. The average molecular weight is 369 g/mol. The number of rotatable bonds is 4. The molecule has 2 atom stereocenters. The van der Waals surface area contributed by atoms with Crippen molar-refractivity contribution in [3.05, 3.63) is 11.7 Å². The highest BCUT2D eigenvalue weighted by molar-refractivity contribution is 9.10. The summed E-state index contributed by atoms with van der Waals surface area (Å²) < 4.78 is 10.8. The van der Waals surface area contributed by atoms with Crippen molar-refractivity contribution in [1.82, 2.24) is 10.1 Å². The van der Waals surface area contributed by atoms with Gasteiger partial charge in [0.25, 0.3) is 5.89 Å². The van der Waals surface area contributed by atoms with E-state index in [1.54, 1.807) is 0 Å². The van der Waals surface area contributed by atoms with Crippen molar-refractivity contribution in [2.75, 3.05) is 0 Å². The van der Waals surface area contributed by atoms with E-state index in [2.05, 4.69) is 26.1 Å². The van der Waals surface area contributed by atoms with Crippen LogP contribution in [0.2, 0.25) is 0 Å². The fourth-order valence-electron chi connectivity index (χ4n) is 5.16. The lowest BCUT2D eigenvalue weighted by Gasteiger charge is -2.58. The maximum absolute atomic E-state index is 12.8. The summed E-state index contributed by atoms with van der Waals surface area (Å²) >= 11 is 3.92. The number of hydrogen-bond donors (Lipinski definition) is 0. The fourth-order valence-corrected chi connectivity index (χ4v) is 6.61. The molecule has 4 fully saturated rings. The quantitative estimate of drug-likeness (QED) is 0.601. The molecule has 4 aliphatic rings. The number of carbonyl (C=O) groups is 1. The molecule has 0 spiro atoms. The van der Waals surface area contributed by atoms with E-state index in [1.807, 2.05) is 6.92 Å². The van der Waals surface area contributed by atoms with Gasteiger partial charge in [-0.05, 0) is 50.4 Å². The third-order valence-corrected chi connectivity index (χ3v) is 6.50. The molecule has 0 saturated heterocycles. The number of ether oxygens (including phenoxy) is 1. The van der Waals surface area contributed by atoms with Crippen LogP contribution < -0.4 is 0 Å². The van der Waals surface area contributed by atoms with Crippen molar-refractivity contribution in [2.45, 2.75) is 62.8 Å². The molecule has 6 heteroatoms. The number of carbonyl (C=O) groups excluding carboxylic acids is 1. The molecule has 0 aliphatic heterocycles. The molecule has 1 heterocycles. The molecule has 0 amide bonds. The summed E-state index contributed by atoms with van der Waals surface area (Å²) in [6.07, 6.45) is 7.31. The molecule has 0 N–H and O–H groups in total. The molecule has 0 aromatic carbocycles. The highest BCUT2D eigenvalue weighted by Gasteiger charge is 2.60. The van der Waals surface area contributed by atoms with Crippen LogP contribution in [0.25, 0.3) is 0 Å². The van der Waals surface area contributed by atoms with E-state index in [1.165, 1.54) is 19.3 Å². The first-order chi connectivity index (χ1) is 10.5. The van der Waals surface area contributed by atoms with Crippen LogP contribution in [0.3, 0.4) is 0 Å². The van der Waals surface area contributed by atoms with Gasteiger partial charge in [-0.3, -0.25) is 4.79 Å². The molecule has 4 aliphatic carbocycles. The molecule has 1 aromatic heterocycles. The lowest BCUT2D eigenvalue weighted by Crippen LogP contribution is -2.56. The van der Waals surface area contributed by atoms with Crippen molar-refractivity contribution in [3.63, 3.8) is 0 Å². The number of aryl methyl sites for hydroxylation is 1. The summed E-state index contributed by atoms with van der Waals surface area (Å²) in [7, 11) is 0. The summed E-state index contributed by atoms with van der Waals surface area (Å²) in [5.74, 6) is 2.32. The van der Waals surface area contributed by atoms with Crippen LogP contribution in [0.1, 0.15) is 57.2 Å². The van der Waals surface area contributed by atoms with Gasteiger partial charge in [0.05, 0.1) is 5.41 Å². The second kappa shape index (κ2) is 5.05. The minimum atomic E-state index is -0.290. The zero-order valence-electron chi connectivity index (χ0n) is 12.8. The van der Waals surface area contributed by atoms with E-state index < -0.39 is 0 Å². The minimum Gasteiger partial charge on any atom is -0.455 e. The Morgan fingerprint density at radius 1 is 1.36 bits per heavy atom. The highest BCUT2D eigenvalue weighted by Crippen LogP contribution is 2.64.